The largest absolute Gasteiger partial charge is 0.468 e. The van der Waals surface area contributed by atoms with Gasteiger partial charge in [0, 0.05) is 11.8 Å². The Balaban J connectivity index is 3.11. The van der Waals surface area contributed by atoms with E-state index in [1.54, 1.807) is 0 Å². The van der Waals surface area contributed by atoms with E-state index in [4.69, 9.17) is 16.3 Å². The summed E-state index contributed by atoms with van der Waals surface area (Å²) in [5, 5.41) is 2.10. The highest BCUT2D eigenvalue weighted by atomic mass is 35.5. The average Bonchev–Trinajstić information content (AvgIpc) is 2.38. The monoisotopic (exact) mass is 333 g/mol. The van der Waals surface area contributed by atoms with Gasteiger partial charge in [-0.05, 0) is 18.1 Å². The van der Waals surface area contributed by atoms with E-state index >= 15 is 0 Å². The SMILES string of the molecule is COC(=O)C(Sc1cc(NC(C)=O)c(F)cc1Cl)C(C)C. The van der Waals surface area contributed by atoms with Crippen LogP contribution in [0.2, 0.25) is 5.02 Å². The molecule has 4 nitrogen and oxygen atoms in total. The standard InChI is InChI=1S/C14H17ClFNO3S/c1-7(2)13(14(19)20-4)21-12-6-11(17-8(3)18)10(16)5-9(12)15/h5-7,13H,1-4H3,(H,17,18). The molecular formula is C14H17ClFNO3S. The molecule has 0 radical (unpaired) electrons. The van der Waals surface area contributed by atoms with Crippen LogP contribution in [0.15, 0.2) is 17.0 Å². The Labute approximate surface area is 132 Å². The van der Waals surface area contributed by atoms with Crippen molar-refractivity contribution in [3.05, 3.63) is 23.0 Å². The van der Waals surface area contributed by atoms with E-state index in [-0.39, 0.29) is 28.5 Å². The topological polar surface area (TPSA) is 55.4 Å². The smallest absolute Gasteiger partial charge is 0.319 e. The van der Waals surface area contributed by atoms with E-state index in [2.05, 4.69) is 5.32 Å². The third-order valence-electron chi connectivity index (χ3n) is 2.63. The maximum absolute atomic E-state index is 13.7. The molecule has 7 heteroatoms. The van der Waals surface area contributed by atoms with Crippen molar-refractivity contribution in [2.24, 2.45) is 5.92 Å². The van der Waals surface area contributed by atoms with Crippen molar-refractivity contribution in [3.8, 4) is 0 Å². The van der Waals surface area contributed by atoms with Gasteiger partial charge in [-0.3, -0.25) is 9.59 Å². The molecule has 1 aromatic rings. The number of amides is 1. The lowest BCUT2D eigenvalue weighted by Crippen LogP contribution is -2.24. The van der Waals surface area contributed by atoms with Gasteiger partial charge in [0.05, 0.1) is 17.8 Å². The fraction of sp³-hybridized carbons (Fsp3) is 0.429. The Kier molecular flexibility index (Phi) is 6.48. The molecule has 0 bridgehead atoms. The average molecular weight is 334 g/mol. The van der Waals surface area contributed by atoms with Crippen LogP contribution in [0, 0.1) is 11.7 Å². The molecule has 0 aromatic heterocycles. The van der Waals surface area contributed by atoms with E-state index in [0.717, 1.165) is 6.07 Å². The van der Waals surface area contributed by atoms with Crippen molar-refractivity contribution >= 4 is 40.9 Å². The number of carbonyl (C=O) groups excluding carboxylic acids is 2. The van der Waals surface area contributed by atoms with Crippen LogP contribution in [-0.2, 0) is 14.3 Å². The summed E-state index contributed by atoms with van der Waals surface area (Å²) in [6.07, 6.45) is 0. The number of methoxy groups -OCH3 is 1. The molecule has 0 spiro atoms. The number of halogens is 2. The molecule has 1 amide bonds. The number of hydrogen-bond acceptors (Lipinski definition) is 4. The van der Waals surface area contributed by atoms with Crippen LogP contribution < -0.4 is 5.32 Å². The zero-order valence-electron chi connectivity index (χ0n) is 12.2. The summed E-state index contributed by atoms with van der Waals surface area (Å²) in [7, 11) is 1.31. The first-order valence-electron chi connectivity index (χ1n) is 6.27. The summed E-state index contributed by atoms with van der Waals surface area (Å²) < 4.78 is 18.5. The van der Waals surface area contributed by atoms with Crippen LogP contribution in [-0.4, -0.2) is 24.2 Å². The van der Waals surface area contributed by atoms with Crippen molar-refractivity contribution < 1.29 is 18.7 Å². The summed E-state index contributed by atoms with van der Waals surface area (Å²) in [4.78, 5) is 23.3. The summed E-state index contributed by atoms with van der Waals surface area (Å²) in [5.74, 6) is -1.39. The number of rotatable bonds is 5. The highest BCUT2D eigenvalue weighted by molar-refractivity contribution is 8.00. The van der Waals surface area contributed by atoms with Crippen LogP contribution in [0.25, 0.3) is 0 Å². The number of hydrogen-bond donors (Lipinski definition) is 1. The van der Waals surface area contributed by atoms with Gasteiger partial charge < -0.3 is 10.1 Å². The fourth-order valence-electron chi connectivity index (χ4n) is 1.61. The molecule has 1 N–H and O–H groups in total. The lowest BCUT2D eigenvalue weighted by molar-refractivity contribution is -0.140. The van der Waals surface area contributed by atoms with Crippen LogP contribution in [0.3, 0.4) is 0 Å². The van der Waals surface area contributed by atoms with Crippen molar-refractivity contribution in [3.63, 3.8) is 0 Å². The molecule has 21 heavy (non-hydrogen) atoms. The van der Waals surface area contributed by atoms with Crippen LogP contribution in [0.5, 0.6) is 0 Å². The van der Waals surface area contributed by atoms with Gasteiger partial charge in [-0.2, -0.15) is 0 Å². The molecule has 1 unspecified atom stereocenters. The Morgan fingerprint density at radius 1 is 1.38 bits per heavy atom. The first-order chi connectivity index (χ1) is 9.76. The third kappa shape index (κ3) is 4.89. The maximum Gasteiger partial charge on any atom is 0.319 e. The quantitative estimate of drug-likeness (QED) is 0.659. The van der Waals surface area contributed by atoms with Gasteiger partial charge in [-0.15, -0.1) is 11.8 Å². The maximum atomic E-state index is 13.7. The number of anilines is 1. The second kappa shape index (κ2) is 7.66. The van der Waals surface area contributed by atoms with E-state index in [0.29, 0.717) is 4.90 Å². The molecule has 1 atom stereocenters. The van der Waals surface area contributed by atoms with Crippen LogP contribution >= 0.6 is 23.4 Å². The van der Waals surface area contributed by atoms with Gasteiger partial charge in [0.15, 0.2) is 0 Å². The molecule has 0 saturated carbocycles. The predicted molar refractivity (Wildman–Crippen MR) is 82.2 cm³/mol. The van der Waals surface area contributed by atoms with Gasteiger partial charge in [0.2, 0.25) is 5.91 Å². The van der Waals surface area contributed by atoms with Crippen LogP contribution in [0.4, 0.5) is 10.1 Å². The molecule has 1 aromatic carbocycles. The summed E-state index contributed by atoms with van der Waals surface area (Å²) in [6, 6.07) is 2.53. The molecule has 0 heterocycles. The number of nitrogens with one attached hydrogen (secondary N) is 1. The summed E-state index contributed by atoms with van der Waals surface area (Å²) in [6.45, 7) is 5.04. The first-order valence-corrected chi connectivity index (χ1v) is 7.53. The van der Waals surface area contributed by atoms with Gasteiger partial charge in [-0.1, -0.05) is 25.4 Å². The summed E-state index contributed by atoms with van der Waals surface area (Å²) in [5.41, 5.74) is 0.0294. The fourth-order valence-corrected chi connectivity index (χ4v) is 2.99. The van der Waals surface area contributed by atoms with Crippen molar-refractivity contribution in [2.45, 2.75) is 30.9 Å². The van der Waals surface area contributed by atoms with Gasteiger partial charge in [0.25, 0.3) is 0 Å². The second-order valence-electron chi connectivity index (χ2n) is 4.75. The zero-order chi connectivity index (χ0) is 16.2. The first kappa shape index (κ1) is 17.8. The third-order valence-corrected chi connectivity index (χ3v) is 4.63. The summed E-state index contributed by atoms with van der Waals surface area (Å²) >= 11 is 7.19. The molecule has 1 rings (SSSR count). The number of esters is 1. The second-order valence-corrected chi connectivity index (χ2v) is 6.34. The highest BCUT2D eigenvalue weighted by Crippen LogP contribution is 2.37. The van der Waals surface area contributed by atoms with Gasteiger partial charge in [-0.25, -0.2) is 4.39 Å². The predicted octanol–water partition coefficient (Wildman–Crippen LogP) is 3.73. The minimum absolute atomic E-state index is 0.00721. The van der Waals surface area contributed by atoms with E-state index in [1.807, 2.05) is 13.8 Å². The van der Waals surface area contributed by atoms with E-state index in [1.165, 1.54) is 31.9 Å². The molecule has 116 valence electrons. The van der Waals surface area contributed by atoms with E-state index < -0.39 is 11.1 Å². The molecule has 0 saturated heterocycles. The van der Waals surface area contributed by atoms with Crippen LogP contribution in [0.1, 0.15) is 20.8 Å². The lowest BCUT2D eigenvalue weighted by Gasteiger charge is -2.19. The van der Waals surface area contributed by atoms with E-state index in [9.17, 15) is 14.0 Å². The molecule has 0 fully saturated rings. The normalized spacial score (nSPS) is 12.1. The van der Waals surface area contributed by atoms with Crippen molar-refractivity contribution in [1.29, 1.82) is 0 Å². The minimum atomic E-state index is -0.626. The highest BCUT2D eigenvalue weighted by Gasteiger charge is 2.25. The molecular weight excluding hydrogens is 317 g/mol. The van der Waals surface area contributed by atoms with Crippen molar-refractivity contribution in [1.82, 2.24) is 0 Å². The molecule has 0 aliphatic rings. The number of carbonyl (C=O) groups is 2. The minimum Gasteiger partial charge on any atom is -0.468 e. The zero-order valence-corrected chi connectivity index (χ0v) is 13.8. The molecule has 0 aliphatic heterocycles. The number of benzene rings is 1. The van der Waals surface area contributed by atoms with Gasteiger partial charge in [0.1, 0.15) is 11.1 Å². The van der Waals surface area contributed by atoms with Gasteiger partial charge >= 0.3 is 5.97 Å². The lowest BCUT2D eigenvalue weighted by atomic mass is 10.1. The Morgan fingerprint density at radius 3 is 2.48 bits per heavy atom. The number of ether oxygens (including phenoxy) is 1. The van der Waals surface area contributed by atoms with Crippen molar-refractivity contribution in [2.75, 3.05) is 12.4 Å². The Hall–Kier alpha value is -1.27. The molecule has 0 aliphatic carbocycles. The Morgan fingerprint density at radius 2 is 2.00 bits per heavy atom. The Bertz CT molecular complexity index is 551. The number of thioether (sulfide) groups is 1.